The van der Waals surface area contributed by atoms with Gasteiger partial charge in [0.05, 0.1) is 0 Å². The summed E-state index contributed by atoms with van der Waals surface area (Å²) in [4.78, 5) is 0. The summed E-state index contributed by atoms with van der Waals surface area (Å²) in [6.45, 7) is 0.946. The van der Waals surface area contributed by atoms with Gasteiger partial charge in [-0.05, 0) is 0 Å². The van der Waals surface area contributed by atoms with Crippen molar-refractivity contribution in [3.63, 3.8) is 0 Å². The third-order valence-corrected chi connectivity index (χ3v) is 7.76. The summed E-state index contributed by atoms with van der Waals surface area (Å²) in [6.07, 6.45) is 23.1. The molecule has 0 heterocycles. The van der Waals surface area contributed by atoms with E-state index in [2.05, 4.69) is 36.2 Å². The molecular formula is C18H37Si4. The molecule has 0 aromatic heterocycles. The largest absolute Gasteiger partial charge is 0.0654 e. The molecule has 4 heteroatoms. The van der Waals surface area contributed by atoms with Crippen LogP contribution in [0.25, 0.3) is 0 Å². The zero-order chi connectivity index (χ0) is 16.5. The summed E-state index contributed by atoms with van der Waals surface area (Å²) >= 11 is 0. The van der Waals surface area contributed by atoms with Crippen LogP contribution in [0.15, 0.2) is 0 Å². The molecule has 0 bridgehead atoms. The van der Waals surface area contributed by atoms with E-state index < -0.39 is 6.63 Å². The van der Waals surface area contributed by atoms with E-state index in [1.165, 1.54) is 109 Å². The number of hydrogen-bond donors (Lipinski definition) is 0. The Hall–Kier alpha value is 0.868. The van der Waals surface area contributed by atoms with Crippen LogP contribution in [0.4, 0.5) is 0 Å². The average Bonchev–Trinajstić information content (AvgIpc) is 2.45. The average molecular weight is 366 g/mol. The maximum atomic E-state index is 3.74. The lowest BCUT2D eigenvalue weighted by Gasteiger charge is -2.14. The molecule has 0 aliphatic rings. The molecule has 125 valence electrons. The number of unbranched alkanes of at least 4 members (excludes halogenated alkanes) is 15. The molecule has 0 unspecified atom stereocenters. The summed E-state index contributed by atoms with van der Waals surface area (Å²) in [5.74, 6) is 0. The van der Waals surface area contributed by atoms with E-state index in [1.807, 2.05) is 0 Å². The first-order valence-electron chi connectivity index (χ1n) is 9.81. The highest BCUT2D eigenvalue weighted by atomic mass is 29.8. The topological polar surface area (TPSA) is 0 Å². The predicted octanol–water partition coefficient (Wildman–Crippen LogP) is 5.69. The summed E-state index contributed by atoms with van der Waals surface area (Å²) in [5, 5.41) is 0. The van der Waals surface area contributed by atoms with Gasteiger partial charge in [0.15, 0.2) is 0 Å². The van der Waals surface area contributed by atoms with Crippen molar-refractivity contribution in [1.29, 1.82) is 0 Å². The van der Waals surface area contributed by atoms with Crippen molar-refractivity contribution in [3.05, 3.63) is 0 Å². The molecule has 0 nitrogen and oxygen atoms in total. The molecule has 0 aromatic carbocycles. The normalized spacial score (nSPS) is 12.0. The first-order valence-corrected chi connectivity index (χ1v) is 16.5. The van der Waals surface area contributed by atoms with Gasteiger partial charge in [-0.1, -0.05) is 116 Å². The second-order valence-electron chi connectivity index (χ2n) is 6.96. The Bertz CT molecular complexity index is 214. The van der Waals surface area contributed by atoms with E-state index >= 15 is 0 Å². The molecule has 0 atom stereocenters. The highest BCUT2D eigenvalue weighted by Crippen LogP contribution is 2.14. The van der Waals surface area contributed by atoms with Gasteiger partial charge < -0.3 is 0 Å². The van der Waals surface area contributed by atoms with Crippen LogP contribution < -0.4 is 0 Å². The Morgan fingerprint density at radius 2 is 0.727 bits per heavy atom. The summed E-state index contributed by atoms with van der Waals surface area (Å²) in [5.41, 5.74) is 0. The smallest absolute Gasteiger partial charge is 0.0115 e. The second kappa shape index (κ2) is 16.7. The number of hydrogen-bond acceptors (Lipinski definition) is 0. The summed E-state index contributed by atoms with van der Waals surface area (Å²) < 4.78 is 0. The van der Waals surface area contributed by atoms with Crippen molar-refractivity contribution in [2.75, 3.05) is 0 Å². The highest BCUT2D eigenvalue weighted by molar-refractivity contribution is 7.60. The van der Waals surface area contributed by atoms with Crippen molar-refractivity contribution in [2.24, 2.45) is 0 Å². The Morgan fingerprint density at radius 1 is 0.455 bits per heavy atom. The number of rotatable bonds is 17. The van der Waals surface area contributed by atoms with Gasteiger partial charge in [0, 0.05) is 35.9 Å². The molecule has 0 aliphatic heterocycles. The first-order chi connectivity index (χ1) is 10.6. The van der Waals surface area contributed by atoms with E-state index in [0.717, 1.165) is 0 Å². The molecule has 0 aromatic rings. The Kier molecular flexibility index (Phi) is 17.4. The van der Waals surface area contributed by atoms with Crippen LogP contribution in [0.2, 0.25) is 6.04 Å². The summed E-state index contributed by atoms with van der Waals surface area (Å²) in [6, 6.07) is 1.27. The fourth-order valence-corrected chi connectivity index (χ4v) is 5.31. The molecule has 0 fully saturated rings. The standard InChI is InChI=1S/C18H37Si4/c1-2-3-4-5-6-7-8-9-10-11-12-13-14-15-16-17-18-22(19,20)21/h2-18H2,1H3. The minimum Gasteiger partial charge on any atom is -0.0654 e. The molecule has 0 rings (SSSR count). The maximum Gasteiger partial charge on any atom is 0.0115 e. The molecule has 9 radical (unpaired) electrons. The zero-order valence-electron chi connectivity index (χ0n) is 15.0. The Balaban J connectivity index is 3.00. The fraction of sp³-hybridized carbons (Fsp3) is 1.00. The van der Waals surface area contributed by atoms with E-state index in [4.69, 9.17) is 0 Å². The third kappa shape index (κ3) is 20.9. The third-order valence-electron chi connectivity index (χ3n) is 4.41. The van der Waals surface area contributed by atoms with Crippen LogP contribution >= 0.6 is 0 Å². The fourth-order valence-electron chi connectivity index (χ4n) is 2.94. The van der Waals surface area contributed by atoms with Crippen molar-refractivity contribution in [1.82, 2.24) is 0 Å². The maximum absolute atomic E-state index is 3.74. The van der Waals surface area contributed by atoms with Crippen LogP contribution in [0.3, 0.4) is 0 Å². The van der Waals surface area contributed by atoms with Crippen molar-refractivity contribution in [2.45, 2.75) is 116 Å². The molecule has 0 aliphatic carbocycles. The molecular weight excluding hydrogens is 329 g/mol. The van der Waals surface area contributed by atoms with Gasteiger partial charge in [0.2, 0.25) is 0 Å². The molecule has 0 N–H and O–H groups in total. The van der Waals surface area contributed by atoms with E-state index in [9.17, 15) is 0 Å². The van der Waals surface area contributed by atoms with Crippen LogP contribution in [0, 0.1) is 0 Å². The van der Waals surface area contributed by atoms with Crippen LogP contribution in [-0.4, -0.2) is 35.9 Å². The van der Waals surface area contributed by atoms with Crippen LogP contribution in [0.1, 0.15) is 110 Å². The van der Waals surface area contributed by atoms with Gasteiger partial charge in [-0.15, -0.1) is 0 Å². The lowest BCUT2D eigenvalue weighted by Crippen LogP contribution is -2.37. The minimum atomic E-state index is -1.35. The van der Waals surface area contributed by atoms with E-state index in [-0.39, 0.29) is 0 Å². The molecule has 0 amide bonds. The Morgan fingerprint density at radius 3 is 1.00 bits per heavy atom. The first kappa shape index (κ1) is 22.9. The van der Waals surface area contributed by atoms with Gasteiger partial charge in [0.25, 0.3) is 0 Å². The van der Waals surface area contributed by atoms with Gasteiger partial charge in [0.1, 0.15) is 0 Å². The molecule has 0 saturated carbocycles. The van der Waals surface area contributed by atoms with Gasteiger partial charge in [-0.2, -0.15) is 0 Å². The molecule has 0 saturated heterocycles. The molecule has 0 spiro atoms. The van der Waals surface area contributed by atoms with Crippen molar-refractivity contribution < 1.29 is 0 Å². The second-order valence-corrected chi connectivity index (χ2v) is 21.5. The summed E-state index contributed by atoms with van der Waals surface area (Å²) in [7, 11) is 11.2. The Labute approximate surface area is 151 Å². The zero-order valence-corrected chi connectivity index (χ0v) is 19.0. The van der Waals surface area contributed by atoms with Crippen LogP contribution in [-0.2, 0) is 0 Å². The van der Waals surface area contributed by atoms with Gasteiger partial charge in [-0.3, -0.25) is 0 Å². The van der Waals surface area contributed by atoms with Gasteiger partial charge >= 0.3 is 0 Å². The lowest BCUT2D eigenvalue weighted by molar-refractivity contribution is 0.531. The van der Waals surface area contributed by atoms with Crippen LogP contribution in [0.5, 0.6) is 0 Å². The lowest BCUT2D eigenvalue weighted by atomic mass is 10.0. The SMILES string of the molecule is CCCCCCCCCCCCCCCCCC[Si]([Si])([Si])[Si]. The minimum absolute atomic E-state index is 1.27. The van der Waals surface area contributed by atoms with E-state index in [1.54, 1.807) is 0 Å². The van der Waals surface area contributed by atoms with E-state index in [0.29, 0.717) is 0 Å². The molecule has 22 heavy (non-hydrogen) atoms. The predicted molar refractivity (Wildman–Crippen MR) is 107 cm³/mol. The quantitative estimate of drug-likeness (QED) is 0.229. The van der Waals surface area contributed by atoms with Gasteiger partial charge in [-0.25, -0.2) is 0 Å². The van der Waals surface area contributed by atoms with Crippen molar-refractivity contribution in [3.8, 4) is 0 Å². The highest BCUT2D eigenvalue weighted by Gasteiger charge is 2.11. The monoisotopic (exact) mass is 365 g/mol. The van der Waals surface area contributed by atoms with Crippen molar-refractivity contribution >= 4 is 35.9 Å².